The maximum atomic E-state index is 12.6. The molecule has 4 rings (SSSR count). The summed E-state index contributed by atoms with van der Waals surface area (Å²) in [4.78, 5) is 12.5. The van der Waals surface area contributed by atoms with E-state index in [1.54, 1.807) is 17.5 Å². The number of anilines is 1. The predicted octanol–water partition coefficient (Wildman–Crippen LogP) is 3.60. The molecule has 1 N–H and O–H groups in total. The number of amides is 1. The monoisotopic (exact) mass is 496 g/mol. The standard InChI is InChI=1S/C18H17BrN4O4S2/c19-14-4-1-3-13(11-14)17-21-22-18(27-17)20-16(24)12-6-8-23(9-7-12)29(25,26)15-5-2-10-28-15/h1-5,10-12H,6-9H2,(H,20,22,24). The number of halogens is 1. The van der Waals surface area contributed by atoms with Crippen LogP contribution < -0.4 is 5.32 Å². The molecule has 1 aromatic carbocycles. The molecule has 0 aliphatic carbocycles. The minimum absolute atomic E-state index is 0.0265. The van der Waals surface area contributed by atoms with Crippen molar-refractivity contribution in [3.8, 4) is 11.5 Å². The van der Waals surface area contributed by atoms with Gasteiger partial charge < -0.3 is 4.42 Å². The van der Waals surface area contributed by atoms with Crippen LogP contribution in [0.4, 0.5) is 6.01 Å². The van der Waals surface area contributed by atoms with Gasteiger partial charge in [-0.3, -0.25) is 10.1 Å². The summed E-state index contributed by atoms with van der Waals surface area (Å²) in [6.07, 6.45) is 0.867. The van der Waals surface area contributed by atoms with Crippen LogP contribution in [-0.2, 0) is 14.8 Å². The first-order valence-corrected chi connectivity index (χ1v) is 12.0. The van der Waals surface area contributed by atoms with E-state index < -0.39 is 10.0 Å². The minimum atomic E-state index is -3.48. The van der Waals surface area contributed by atoms with Gasteiger partial charge in [0.05, 0.1) is 0 Å². The zero-order chi connectivity index (χ0) is 20.4. The first kappa shape index (κ1) is 20.2. The largest absolute Gasteiger partial charge is 0.403 e. The molecule has 0 radical (unpaired) electrons. The maximum absolute atomic E-state index is 12.6. The number of aromatic nitrogens is 2. The van der Waals surface area contributed by atoms with E-state index in [0.717, 1.165) is 10.0 Å². The van der Waals surface area contributed by atoms with Crippen molar-refractivity contribution in [2.24, 2.45) is 5.92 Å². The molecule has 8 nitrogen and oxygen atoms in total. The first-order chi connectivity index (χ1) is 13.9. The molecule has 0 bridgehead atoms. The van der Waals surface area contributed by atoms with Crippen LogP contribution in [0, 0.1) is 5.92 Å². The second-order valence-corrected chi connectivity index (χ2v) is 10.6. The van der Waals surface area contributed by atoms with E-state index in [9.17, 15) is 13.2 Å². The Labute approximate surface area is 180 Å². The van der Waals surface area contributed by atoms with Crippen molar-refractivity contribution in [2.75, 3.05) is 18.4 Å². The Hall–Kier alpha value is -2.08. The number of carbonyl (C=O) groups excluding carboxylic acids is 1. The molecule has 1 aliphatic rings. The number of carbonyl (C=O) groups is 1. The molecule has 1 amide bonds. The summed E-state index contributed by atoms with van der Waals surface area (Å²) in [5, 5.41) is 12.2. The van der Waals surface area contributed by atoms with Crippen LogP contribution >= 0.6 is 27.3 Å². The number of rotatable bonds is 5. The van der Waals surface area contributed by atoms with Crippen LogP contribution in [0.1, 0.15) is 12.8 Å². The second kappa shape index (κ2) is 8.34. The van der Waals surface area contributed by atoms with Crippen LogP contribution in [0.25, 0.3) is 11.5 Å². The van der Waals surface area contributed by atoms with E-state index in [-0.39, 0.29) is 17.8 Å². The molecule has 3 heterocycles. The van der Waals surface area contributed by atoms with Crippen LogP contribution in [0.15, 0.2) is 54.9 Å². The van der Waals surface area contributed by atoms with Gasteiger partial charge >= 0.3 is 6.01 Å². The third-order valence-electron chi connectivity index (χ3n) is 4.64. The predicted molar refractivity (Wildman–Crippen MR) is 112 cm³/mol. The van der Waals surface area contributed by atoms with Crippen molar-refractivity contribution in [2.45, 2.75) is 17.1 Å². The summed E-state index contributed by atoms with van der Waals surface area (Å²) < 4.78 is 33.3. The molecule has 152 valence electrons. The van der Waals surface area contributed by atoms with Gasteiger partial charge in [-0.1, -0.05) is 33.2 Å². The molecule has 1 fully saturated rings. The first-order valence-electron chi connectivity index (χ1n) is 8.87. The number of hydrogen-bond acceptors (Lipinski definition) is 7. The Balaban J connectivity index is 1.36. The van der Waals surface area contributed by atoms with E-state index in [4.69, 9.17) is 4.42 Å². The number of nitrogens with zero attached hydrogens (tertiary/aromatic N) is 3. The fraction of sp³-hybridized carbons (Fsp3) is 0.278. The zero-order valence-corrected chi connectivity index (χ0v) is 18.3. The van der Waals surface area contributed by atoms with Gasteiger partial charge in [0, 0.05) is 29.0 Å². The van der Waals surface area contributed by atoms with Crippen molar-refractivity contribution in [3.63, 3.8) is 0 Å². The van der Waals surface area contributed by atoms with Crippen molar-refractivity contribution in [1.82, 2.24) is 14.5 Å². The van der Waals surface area contributed by atoms with Crippen molar-refractivity contribution < 1.29 is 17.6 Å². The molecule has 1 aliphatic heterocycles. The Morgan fingerprint density at radius 1 is 1.21 bits per heavy atom. The fourth-order valence-electron chi connectivity index (χ4n) is 3.12. The molecular weight excluding hydrogens is 480 g/mol. The topological polar surface area (TPSA) is 105 Å². The van der Waals surface area contributed by atoms with Gasteiger partial charge in [-0.05, 0) is 42.5 Å². The van der Waals surface area contributed by atoms with Gasteiger partial charge in [-0.15, -0.1) is 16.4 Å². The number of nitrogens with one attached hydrogen (secondary N) is 1. The van der Waals surface area contributed by atoms with Gasteiger partial charge in [0.2, 0.25) is 11.8 Å². The molecule has 1 saturated heterocycles. The maximum Gasteiger partial charge on any atom is 0.322 e. The molecule has 3 aromatic rings. The molecule has 0 saturated carbocycles. The Kier molecular flexibility index (Phi) is 5.81. The van der Waals surface area contributed by atoms with Crippen molar-refractivity contribution >= 4 is 49.2 Å². The molecular formula is C18H17BrN4O4S2. The molecule has 0 unspecified atom stereocenters. The van der Waals surface area contributed by atoms with Gasteiger partial charge in [0.1, 0.15) is 4.21 Å². The Bertz CT molecular complexity index is 1110. The smallest absolute Gasteiger partial charge is 0.322 e. The molecule has 2 aromatic heterocycles. The van der Waals surface area contributed by atoms with E-state index in [1.807, 2.05) is 24.3 Å². The van der Waals surface area contributed by atoms with Crippen LogP contribution in [0.2, 0.25) is 0 Å². The highest BCUT2D eigenvalue weighted by molar-refractivity contribution is 9.10. The number of thiophene rings is 1. The third kappa shape index (κ3) is 4.42. The van der Waals surface area contributed by atoms with Crippen LogP contribution in [0.3, 0.4) is 0 Å². The minimum Gasteiger partial charge on any atom is -0.403 e. The van der Waals surface area contributed by atoms with Crippen molar-refractivity contribution in [3.05, 3.63) is 46.3 Å². The molecule has 11 heteroatoms. The summed E-state index contributed by atoms with van der Waals surface area (Å²) in [6, 6.07) is 10.7. The summed E-state index contributed by atoms with van der Waals surface area (Å²) in [6.45, 7) is 0.594. The SMILES string of the molecule is O=C(Nc1nnc(-c2cccc(Br)c2)o1)C1CCN(S(=O)(=O)c2cccs2)CC1. The molecule has 0 spiro atoms. The van der Waals surface area contributed by atoms with Crippen LogP contribution in [-0.4, -0.2) is 41.9 Å². The second-order valence-electron chi connectivity index (χ2n) is 6.52. The lowest BCUT2D eigenvalue weighted by Crippen LogP contribution is -2.41. The normalized spacial score (nSPS) is 16.0. The van der Waals surface area contributed by atoms with Gasteiger partial charge in [0.25, 0.3) is 10.0 Å². The highest BCUT2D eigenvalue weighted by Crippen LogP contribution is 2.27. The third-order valence-corrected chi connectivity index (χ3v) is 8.41. The number of piperidine rings is 1. The van der Waals surface area contributed by atoms with Gasteiger partial charge in [-0.25, -0.2) is 8.42 Å². The lowest BCUT2D eigenvalue weighted by atomic mass is 9.97. The summed E-state index contributed by atoms with van der Waals surface area (Å²) >= 11 is 4.58. The molecule has 0 atom stereocenters. The highest BCUT2D eigenvalue weighted by Gasteiger charge is 2.33. The highest BCUT2D eigenvalue weighted by atomic mass is 79.9. The summed E-state index contributed by atoms with van der Waals surface area (Å²) in [5.74, 6) is -0.257. The number of sulfonamides is 1. The lowest BCUT2D eigenvalue weighted by molar-refractivity contribution is -0.121. The van der Waals surface area contributed by atoms with E-state index in [2.05, 4.69) is 31.4 Å². The van der Waals surface area contributed by atoms with E-state index in [1.165, 1.54) is 15.6 Å². The number of hydrogen-bond donors (Lipinski definition) is 1. The molecule has 29 heavy (non-hydrogen) atoms. The summed E-state index contributed by atoms with van der Waals surface area (Å²) in [7, 11) is -3.48. The number of benzene rings is 1. The Morgan fingerprint density at radius 2 is 2.00 bits per heavy atom. The van der Waals surface area contributed by atoms with E-state index in [0.29, 0.717) is 36.0 Å². The summed E-state index contributed by atoms with van der Waals surface area (Å²) in [5.41, 5.74) is 0.736. The Morgan fingerprint density at radius 3 is 2.69 bits per heavy atom. The quantitative estimate of drug-likeness (QED) is 0.578. The zero-order valence-electron chi connectivity index (χ0n) is 15.1. The average Bonchev–Trinajstić information content (AvgIpc) is 3.41. The van der Waals surface area contributed by atoms with Crippen LogP contribution in [0.5, 0.6) is 0 Å². The van der Waals surface area contributed by atoms with E-state index >= 15 is 0 Å². The van der Waals surface area contributed by atoms with Gasteiger partial charge in [0.15, 0.2) is 0 Å². The fourth-order valence-corrected chi connectivity index (χ4v) is 6.13. The van der Waals surface area contributed by atoms with Gasteiger partial charge in [-0.2, -0.15) is 4.31 Å². The van der Waals surface area contributed by atoms with Crippen molar-refractivity contribution in [1.29, 1.82) is 0 Å². The average molecular weight is 497 g/mol. The lowest BCUT2D eigenvalue weighted by Gasteiger charge is -2.29.